The SMILES string of the molecule is CCOc1ccc(-c2csc(NC(=O)C(Sc3ccc(NC(=O)c4ccc(Cl)cc4Cl)cc3)c3ccccc3)n2)cc1. The molecule has 6 nitrogen and oxygen atoms in total. The Morgan fingerprint density at radius 3 is 2.36 bits per heavy atom. The summed E-state index contributed by atoms with van der Waals surface area (Å²) >= 11 is 14.9. The summed E-state index contributed by atoms with van der Waals surface area (Å²) in [4.78, 5) is 31.7. The Morgan fingerprint density at radius 2 is 1.67 bits per heavy atom. The van der Waals surface area contributed by atoms with Crippen LogP contribution in [0.2, 0.25) is 10.0 Å². The van der Waals surface area contributed by atoms with Gasteiger partial charge in [0.15, 0.2) is 5.13 Å². The van der Waals surface area contributed by atoms with E-state index in [-0.39, 0.29) is 16.8 Å². The first-order valence-corrected chi connectivity index (χ1v) is 15.5. The highest BCUT2D eigenvalue weighted by Gasteiger charge is 2.23. The maximum absolute atomic E-state index is 13.5. The van der Waals surface area contributed by atoms with E-state index in [2.05, 4.69) is 15.6 Å². The second-order valence-electron chi connectivity index (χ2n) is 9.00. The highest BCUT2D eigenvalue weighted by atomic mass is 35.5. The van der Waals surface area contributed by atoms with Gasteiger partial charge in [0.2, 0.25) is 5.91 Å². The zero-order valence-corrected chi connectivity index (χ0v) is 25.5. The Labute approximate surface area is 262 Å². The summed E-state index contributed by atoms with van der Waals surface area (Å²) in [5.74, 6) is 0.273. The highest BCUT2D eigenvalue weighted by Crippen LogP contribution is 2.37. The number of thiazole rings is 1. The van der Waals surface area contributed by atoms with E-state index in [1.807, 2.05) is 79.0 Å². The van der Waals surface area contributed by atoms with Crippen molar-refractivity contribution in [1.82, 2.24) is 4.98 Å². The molecule has 0 aliphatic carbocycles. The van der Waals surface area contributed by atoms with Crippen molar-refractivity contribution < 1.29 is 14.3 Å². The van der Waals surface area contributed by atoms with E-state index >= 15 is 0 Å². The molecule has 1 unspecified atom stereocenters. The molecule has 5 aromatic rings. The summed E-state index contributed by atoms with van der Waals surface area (Å²) in [5, 5.41) is 8.47. The second-order valence-corrected chi connectivity index (χ2v) is 11.9. The molecule has 10 heteroatoms. The number of anilines is 2. The van der Waals surface area contributed by atoms with Crippen LogP contribution in [0.25, 0.3) is 11.3 Å². The van der Waals surface area contributed by atoms with Gasteiger partial charge < -0.3 is 15.4 Å². The molecule has 0 spiro atoms. The van der Waals surface area contributed by atoms with Crippen LogP contribution < -0.4 is 15.4 Å². The van der Waals surface area contributed by atoms with E-state index in [1.165, 1.54) is 29.2 Å². The molecular formula is C32H25Cl2N3O3S2. The lowest BCUT2D eigenvalue weighted by Gasteiger charge is -2.16. The Hall–Kier alpha value is -3.82. The normalized spacial score (nSPS) is 11.5. The van der Waals surface area contributed by atoms with Gasteiger partial charge in [0.25, 0.3) is 5.91 Å². The molecule has 0 radical (unpaired) electrons. The number of ether oxygens (including phenoxy) is 1. The van der Waals surface area contributed by atoms with Crippen molar-refractivity contribution in [2.24, 2.45) is 0 Å². The maximum atomic E-state index is 13.5. The quantitative estimate of drug-likeness (QED) is 0.150. The summed E-state index contributed by atoms with van der Waals surface area (Å²) in [5.41, 5.74) is 3.50. The van der Waals surface area contributed by atoms with Crippen LogP contribution in [-0.4, -0.2) is 23.4 Å². The predicted molar refractivity (Wildman–Crippen MR) is 173 cm³/mol. The molecule has 4 aromatic carbocycles. The Kier molecular flexibility index (Phi) is 9.81. The van der Waals surface area contributed by atoms with Gasteiger partial charge in [-0.15, -0.1) is 23.1 Å². The summed E-state index contributed by atoms with van der Waals surface area (Å²) in [7, 11) is 0. The molecule has 1 heterocycles. The number of amides is 2. The summed E-state index contributed by atoms with van der Waals surface area (Å²) < 4.78 is 5.52. The molecule has 0 bridgehead atoms. The number of nitrogens with zero attached hydrogens (tertiary/aromatic N) is 1. The summed E-state index contributed by atoms with van der Waals surface area (Å²) in [6.45, 7) is 2.55. The highest BCUT2D eigenvalue weighted by molar-refractivity contribution is 8.00. The first kappa shape index (κ1) is 29.7. The van der Waals surface area contributed by atoms with Crippen molar-refractivity contribution in [2.45, 2.75) is 17.1 Å². The zero-order valence-electron chi connectivity index (χ0n) is 22.3. The molecule has 5 rings (SSSR count). The molecule has 0 aliphatic heterocycles. The number of thioether (sulfide) groups is 1. The molecule has 0 saturated heterocycles. The minimum absolute atomic E-state index is 0.187. The molecule has 0 aliphatic rings. The van der Waals surface area contributed by atoms with Crippen LogP contribution in [0.3, 0.4) is 0 Å². The van der Waals surface area contributed by atoms with Crippen LogP contribution in [0.15, 0.2) is 107 Å². The third kappa shape index (κ3) is 7.52. The predicted octanol–water partition coefficient (Wildman–Crippen LogP) is 9.24. The number of nitrogens with one attached hydrogen (secondary N) is 2. The number of halogens is 2. The van der Waals surface area contributed by atoms with Gasteiger partial charge in [0.1, 0.15) is 11.0 Å². The molecule has 0 saturated carbocycles. The van der Waals surface area contributed by atoms with Crippen LogP contribution in [-0.2, 0) is 4.79 Å². The summed E-state index contributed by atoms with van der Waals surface area (Å²) in [6, 6.07) is 29.3. The van der Waals surface area contributed by atoms with Crippen LogP contribution in [0.5, 0.6) is 5.75 Å². The number of rotatable bonds is 10. The van der Waals surface area contributed by atoms with E-state index in [4.69, 9.17) is 27.9 Å². The minimum atomic E-state index is -0.530. The number of hydrogen-bond acceptors (Lipinski definition) is 6. The third-order valence-corrected chi connectivity index (χ3v) is 8.65. The minimum Gasteiger partial charge on any atom is -0.494 e. The lowest BCUT2D eigenvalue weighted by atomic mass is 10.1. The summed E-state index contributed by atoms with van der Waals surface area (Å²) in [6.07, 6.45) is 0. The smallest absolute Gasteiger partial charge is 0.257 e. The van der Waals surface area contributed by atoms with E-state index < -0.39 is 5.25 Å². The van der Waals surface area contributed by atoms with Crippen molar-refractivity contribution in [3.63, 3.8) is 0 Å². The van der Waals surface area contributed by atoms with Crippen molar-refractivity contribution >= 4 is 68.9 Å². The monoisotopic (exact) mass is 633 g/mol. The Balaban J connectivity index is 1.28. The van der Waals surface area contributed by atoms with E-state index in [1.54, 1.807) is 24.3 Å². The van der Waals surface area contributed by atoms with Gasteiger partial charge >= 0.3 is 0 Å². The second kappa shape index (κ2) is 13.9. The molecule has 2 N–H and O–H groups in total. The number of carbonyl (C=O) groups is 2. The van der Waals surface area contributed by atoms with Crippen molar-refractivity contribution in [3.05, 3.63) is 124 Å². The van der Waals surface area contributed by atoms with Gasteiger partial charge in [-0.1, -0.05) is 53.5 Å². The number of carbonyl (C=O) groups excluding carboxylic acids is 2. The lowest BCUT2D eigenvalue weighted by Crippen LogP contribution is -2.19. The fraction of sp³-hybridized carbons (Fsp3) is 0.0938. The number of benzene rings is 4. The van der Waals surface area contributed by atoms with Gasteiger partial charge in [-0.25, -0.2) is 4.98 Å². The first-order chi connectivity index (χ1) is 20.4. The van der Waals surface area contributed by atoms with Gasteiger partial charge in [0, 0.05) is 26.5 Å². The molecule has 1 aromatic heterocycles. The van der Waals surface area contributed by atoms with Crippen LogP contribution in [0.1, 0.15) is 28.1 Å². The van der Waals surface area contributed by atoms with E-state index in [0.29, 0.717) is 28.0 Å². The molecule has 42 heavy (non-hydrogen) atoms. The average molecular weight is 635 g/mol. The van der Waals surface area contributed by atoms with Gasteiger partial charge in [0.05, 0.1) is 22.9 Å². The van der Waals surface area contributed by atoms with Crippen molar-refractivity contribution in [1.29, 1.82) is 0 Å². The standard InChI is InChI=1S/C32H25Cl2N3O3S2/c1-2-40-24-13-8-20(9-14-24)28-19-41-32(36-28)37-31(39)29(21-6-4-3-5-7-21)42-25-15-11-23(12-16-25)35-30(38)26-17-10-22(33)18-27(26)34/h3-19,29H,2H2,1H3,(H,35,38)(H,36,37,39). The molecule has 212 valence electrons. The largest absolute Gasteiger partial charge is 0.494 e. The number of hydrogen-bond donors (Lipinski definition) is 2. The lowest BCUT2D eigenvalue weighted by molar-refractivity contribution is -0.115. The molecule has 2 amide bonds. The van der Waals surface area contributed by atoms with Gasteiger partial charge in [-0.2, -0.15) is 0 Å². The Bertz CT molecular complexity index is 1680. The fourth-order valence-electron chi connectivity index (χ4n) is 4.05. The van der Waals surface area contributed by atoms with Crippen LogP contribution >= 0.6 is 46.3 Å². The third-order valence-electron chi connectivity index (χ3n) is 6.08. The molecule has 1 atom stereocenters. The van der Waals surface area contributed by atoms with E-state index in [9.17, 15) is 9.59 Å². The first-order valence-electron chi connectivity index (χ1n) is 13.0. The van der Waals surface area contributed by atoms with Crippen LogP contribution in [0.4, 0.5) is 10.8 Å². The van der Waals surface area contributed by atoms with E-state index in [0.717, 1.165) is 27.5 Å². The maximum Gasteiger partial charge on any atom is 0.257 e. The topological polar surface area (TPSA) is 80.3 Å². The van der Waals surface area contributed by atoms with Crippen molar-refractivity contribution in [2.75, 3.05) is 17.2 Å². The zero-order chi connectivity index (χ0) is 29.5. The van der Waals surface area contributed by atoms with Crippen LogP contribution in [0, 0.1) is 0 Å². The Morgan fingerprint density at radius 1 is 0.929 bits per heavy atom. The average Bonchev–Trinajstić information content (AvgIpc) is 3.46. The molecular weight excluding hydrogens is 609 g/mol. The van der Waals surface area contributed by atoms with Gasteiger partial charge in [-0.05, 0) is 79.2 Å². The van der Waals surface area contributed by atoms with Crippen molar-refractivity contribution in [3.8, 4) is 17.0 Å². The number of aromatic nitrogens is 1. The molecule has 0 fully saturated rings. The van der Waals surface area contributed by atoms with Gasteiger partial charge in [-0.3, -0.25) is 9.59 Å². The fourth-order valence-corrected chi connectivity index (χ4v) is 6.29.